The third-order valence-corrected chi connectivity index (χ3v) is 4.07. The van der Waals surface area contributed by atoms with Crippen molar-refractivity contribution >= 4 is 21.8 Å². The molecule has 2 heterocycles. The van der Waals surface area contributed by atoms with Crippen molar-refractivity contribution in [3.05, 3.63) is 22.4 Å². The number of aromatic nitrogens is 1. The van der Waals surface area contributed by atoms with Gasteiger partial charge in [0.2, 0.25) is 0 Å². The summed E-state index contributed by atoms with van der Waals surface area (Å²) >= 11 is 3.33. The van der Waals surface area contributed by atoms with Gasteiger partial charge in [-0.3, -0.25) is 4.79 Å². The Kier molecular flexibility index (Phi) is 5.01. The molecule has 19 heavy (non-hydrogen) atoms. The summed E-state index contributed by atoms with van der Waals surface area (Å²) in [6.45, 7) is 2.38. The van der Waals surface area contributed by atoms with Gasteiger partial charge in [-0.2, -0.15) is 0 Å². The lowest BCUT2D eigenvalue weighted by Gasteiger charge is -2.36. The van der Waals surface area contributed by atoms with Crippen molar-refractivity contribution in [1.29, 1.82) is 0 Å². The average molecular weight is 330 g/mol. The molecular weight excluding hydrogens is 310 g/mol. The SMILES string of the molecule is CN1CCC(N(CCO)C(=O)c2cc(Br)c[nH]2)CC1. The van der Waals surface area contributed by atoms with Gasteiger partial charge < -0.3 is 19.9 Å². The molecule has 0 spiro atoms. The molecule has 0 radical (unpaired) electrons. The van der Waals surface area contributed by atoms with Gasteiger partial charge in [0.15, 0.2) is 0 Å². The van der Waals surface area contributed by atoms with Gasteiger partial charge in [-0.1, -0.05) is 0 Å². The van der Waals surface area contributed by atoms with Crippen LogP contribution in [0.1, 0.15) is 23.3 Å². The topological polar surface area (TPSA) is 59.6 Å². The Labute approximate surface area is 121 Å². The molecule has 0 atom stereocenters. The fourth-order valence-corrected chi connectivity index (χ4v) is 2.85. The zero-order valence-corrected chi connectivity index (χ0v) is 12.7. The van der Waals surface area contributed by atoms with Crippen molar-refractivity contribution in [3.63, 3.8) is 0 Å². The molecule has 6 heteroatoms. The number of aliphatic hydroxyl groups excluding tert-OH is 1. The molecule has 1 aromatic rings. The predicted octanol–water partition coefficient (Wildman–Crippen LogP) is 1.31. The second-order valence-corrected chi connectivity index (χ2v) is 5.90. The van der Waals surface area contributed by atoms with Gasteiger partial charge in [0.05, 0.1) is 6.61 Å². The fraction of sp³-hybridized carbons (Fsp3) is 0.615. The largest absolute Gasteiger partial charge is 0.395 e. The second kappa shape index (κ2) is 6.54. The molecule has 2 rings (SSSR count). The Balaban J connectivity index is 2.08. The van der Waals surface area contributed by atoms with Crippen molar-refractivity contribution in [2.45, 2.75) is 18.9 Å². The lowest BCUT2D eigenvalue weighted by Crippen LogP contribution is -2.47. The van der Waals surface area contributed by atoms with Crippen LogP contribution in [0.25, 0.3) is 0 Å². The number of nitrogens with zero attached hydrogens (tertiary/aromatic N) is 2. The molecular formula is C13H20BrN3O2. The maximum atomic E-state index is 12.5. The van der Waals surface area contributed by atoms with Crippen molar-refractivity contribution in [2.75, 3.05) is 33.3 Å². The van der Waals surface area contributed by atoms with E-state index < -0.39 is 0 Å². The standard InChI is InChI=1S/C13H20BrN3O2/c1-16-4-2-11(3-5-16)17(6-7-18)13(19)12-8-10(14)9-15-12/h8-9,11,15,18H,2-7H2,1H3. The van der Waals surface area contributed by atoms with E-state index in [2.05, 4.69) is 32.9 Å². The van der Waals surface area contributed by atoms with Gasteiger partial charge >= 0.3 is 0 Å². The van der Waals surface area contributed by atoms with E-state index in [0.29, 0.717) is 12.2 Å². The molecule has 1 saturated heterocycles. The first-order chi connectivity index (χ1) is 9.11. The summed E-state index contributed by atoms with van der Waals surface area (Å²) < 4.78 is 0.864. The molecule has 1 fully saturated rings. The van der Waals surface area contributed by atoms with E-state index in [1.54, 1.807) is 17.2 Å². The highest BCUT2D eigenvalue weighted by atomic mass is 79.9. The molecule has 1 aliphatic heterocycles. The first kappa shape index (κ1) is 14.6. The van der Waals surface area contributed by atoms with Crippen LogP contribution in [0.4, 0.5) is 0 Å². The molecule has 0 bridgehead atoms. The highest BCUT2D eigenvalue weighted by Gasteiger charge is 2.27. The minimum atomic E-state index is -0.0331. The van der Waals surface area contributed by atoms with Crippen LogP contribution < -0.4 is 0 Å². The number of halogens is 1. The van der Waals surface area contributed by atoms with Crippen LogP contribution in [0.5, 0.6) is 0 Å². The van der Waals surface area contributed by atoms with E-state index in [1.807, 2.05) is 0 Å². The zero-order valence-electron chi connectivity index (χ0n) is 11.1. The van der Waals surface area contributed by atoms with Crippen molar-refractivity contribution in [3.8, 4) is 0 Å². The smallest absolute Gasteiger partial charge is 0.270 e. The quantitative estimate of drug-likeness (QED) is 0.875. The van der Waals surface area contributed by atoms with Crippen molar-refractivity contribution < 1.29 is 9.90 Å². The van der Waals surface area contributed by atoms with Gasteiger partial charge in [0.25, 0.3) is 5.91 Å². The highest BCUT2D eigenvalue weighted by molar-refractivity contribution is 9.10. The summed E-state index contributed by atoms with van der Waals surface area (Å²) in [5.41, 5.74) is 0.569. The molecule has 0 aliphatic carbocycles. The lowest BCUT2D eigenvalue weighted by atomic mass is 10.0. The zero-order chi connectivity index (χ0) is 13.8. The summed E-state index contributed by atoms with van der Waals surface area (Å²) in [4.78, 5) is 19.5. The average Bonchev–Trinajstić information content (AvgIpc) is 2.83. The van der Waals surface area contributed by atoms with Crippen molar-refractivity contribution in [2.24, 2.45) is 0 Å². The number of hydrogen-bond acceptors (Lipinski definition) is 3. The van der Waals surface area contributed by atoms with Crippen LogP contribution in [0.15, 0.2) is 16.7 Å². The van der Waals surface area contributed by atoms with Crippen LogP contribution >= 0.6 is 15.9 Å². The summed E-state index contributed by atoms with van der Waals surface area (Å²) in [6.07, 6.45) is 3.67. The van der Waals surface area contributed by atoms with Crippen LogP contribution in [-0.2, 0) is 0 Å². The van der Waals surface area contributed by atoms with Gasteiger partial charge in [0.1, 0.15) is 5.69 Å². The first-order valence-corrected chi connectivity index (χ1v) is 7.35. The number of nitrogens with one attached hydrogen (secondary N) is 1. The number of H-pyrrole nitrogens is 1. The fourth-order valence-electron chi connectivity index (χ4n) is 2.51. The van der Waals surface area contributed by atoms with E-state index in [1.165, 1.54) is 0 Å². The maximum absolute atomic E-state index is 12.5. The van der Waals surface area contributed by atoms with Crippen LogP contribution in [0.2, 0.25) is 0 Å². The molecule has 1 aromatic heterocycles. The molecule has 1 amide bonds. The maximum Gasteiger partial charge on any atom is 0.270 e. The van der Waals surface area contributed by atoms with E-state index in [-0.39, 0.29) is 18.6 Å². The predicted molar refractivity (Wildman–Crippen MR) is 77.1 cm³/mol. The molecule has 0 aromatic carbocycles. The summed E-state index contributed by atoms with van der Waals surface area (Å²) in [5.74, 6) is -0.0331. The number of aliphatic hydroxyl groups is 1. The number of amides is 1. The van der Waals surface area contributed by atoms with Gasteiger partial charge in [-0.05, 0) is 55.0 Å². The van der Waals surface area contributed by atoms with Crippen molar-refractivity contribution in [1.82, 2.24) is 14.8 Å². The Hall–Kier alpha value is -0.850. The number of aromatic amines is 1. The molecule has 5 nitrogen and oxygen atoms in total. The third kappa shape index (κ3) is 3.58. The van der Waals surface area contributed by atoms with E-state index in [4.69, 9.17) is 0 Å². The minimum absolute atomic E-state index is 0.0000422. The lowest BCUT2D eigenvalue weighted by molar-refractivity contribution is 0.0535. The van der Waals surface area contributed by atoms with Gasteiger partial charge in [-0.25, -0.2) is 0 Å². The summed E-state index contributed by atoms with van der Waals surface area (Å²) in [5, 5.41) is 9.20. The Morgan fingerprint density at radius 1 is 1.58 bits per heavy atom. The number of rotatable bonds is 4. The van der Waals surface area contributed by atoms with Gasteiger partial charge in [-0.15, -0.1) is 0 Å². The number of likely N-dealkylation sites (tertiary alicyclic amines) is 1. The van der Waals surface area contributed by atoms with E-state index in [0.717, 1.165) is 30.4 Å². The van der Waals surface area contributed by atoms with Gasteiger partial charge in [0, 0.05) is 23.3 Å². The first-order valence-electron chi connectivity index (χ1n) is 6.56. The normalized spacial score (nSPS) is 17.6. The van der Waals surface area contributed by atoms with Crippen LogP contribution in [0.3, 0.4) is 0 Å². The highest BCUT2D eigenvalue weighted by Crippen LogP contribution is 2.19. The molecule has 0 saturated carbocycles. The number of hydrogen-bond donors (Lipinski definition) is 2. The molecule has 0 unspecified atom stereocenters. The summed E-state index contributed by atoms with van der Waals surface area (Å²) in [6, 6.07) is 2.00. The number of carbonyl (C=O) groups is 1. The van der Waals surface area contributed by atoms with Crippen LogP contribution in [0, 0.1) is 0 Å². The third-order valence-electron chi connectivity index (χ3n) is 3.61. The Morgan fingerprint density at radius 2 is 2.26 bits per heavy atom. The molecule has 106 valence electrons. The minimum Gasteiger partial charge on any atom is -0.395 e. The molecule has 1 aliphatic rings. The molecule has 2 N–H and O–H groups in total. The Bertz CT molecular complexity index is 427. The van der Waals surface area contributed by atoms with E-state index >= 15 is 0 Å². The van der Waals surface area contributed by atoms with Crippen LogP contribution in [-0.4, -0.2) is 65.1 Å². The second-order valence-electron chi connectivity index (χ2n) is 4.99. The number of carbonyl (C=O) groups excluding carboxylic acids is 1. The summed E-state index contributed by atoms with van der Waals surface area (Å²) in [7, 11) is 2.09. The number of piperidine rings is 1. The monoisotopic (exact) mass is 329 g/mol. The van der Waals surface area contributed by atoms with E-state index in [9.17, 15) is 9.90 Å². The Morgan fingerprint density at radius 3 is 2.79 bits per heavy atom.